The Morgan fingerprint density at radius 3 is 2.11 bits per heavy atom. The van der Waals surface area contributed by atoms with Crippen molar-refractivity contribution < 1.29 is 13.9 Å². The summed E-state index contributed by atoms with van der Waals surface area (Å²) < 4.78 is 23.4. The Morgan fingerprint density at radius 2 is 1.48 bits per heavy atom. The summed E-state index contributed by atoms with van der Waals surface area (Å²) >= 11 is 0. The minimum atomic E-state index is 0.579. The molecule has 0 aliphatic heterocycles. The molecule has 0 amide bonds. The fourth-order valence-corrected chi connectivity index (χ4v) is 3.36. The predicted molar refractivity (Wildman–Crippen MR) is 110 cm³/mol. The van der Waals surface area contributed by atoms with Gasteiger partial charge in [-0.15, -0.1) is 0 Å². The van der Waals surface area contributed by atoms with E-state index in [2.05, 4.69) is 24.3 Å². The molecule has 0 aliphatic rings. The smallest absolute Gasteiger partial charge is 0.355 e. The largest absolute Gasteiger partial charge is 0.494 e. The van der Waals surface area contributed by atoms with E-state index in [0.717, 1.165) is 50.3 Å². The van der Waals surface area contributed by atoms with E-state index in [4.69, 9.17) is 18.3 Å². The van der Waals surface area contributed by atoms with Crippen LogP contribution in [0.15, 0.2) is 45.2 Å². The van der Waals surface area contributed by atoms with Crippen LogP contribution in [0, 0.1) is 13.8 Å². The summed E-state index contributed by atoms with van der Waals surface area (Å²) in [6.07, 6.45) is 0. The van der Waals surface area contributed by atoms with Crippen LogP contribution in [0.25, 0.3) is 21.9 Å². The fourth-order valence-electron chi connectivity index (χ4n) is 3.36. The second-order valence-electron chi connectivity index (χ2n) is 6.26. The lowest BCUT2D eigenvalue weighted by Gasteiger charge is -2.06. The number of fused-ring (bicyclic) bond motifs is 1. The molecule has 3 aromatic rings. The zero-order chi connectivity index (χ0) is 19.4. The maximum absolute atomic E-state index is 5.99. The average Bonchev–Trinajstić information content (AvgIpc) is 2.84. The van der Waals surface area contributed by atoms with Crippen LogP contribution >= 0.6 is 0 Å². The van der Waals surface area contributed by atoms with Crippen molar-refractivity contribution in [2.45, 2.75) is 34.6 Å². The number of rotatable bonds is 6. The van der Waals surface area contributed by atoms with Gasteiger partial charge in [0.05, 0.1) is 24.7 Å². The molecule has 0 unspecified atom stereocenters. The van der Waals surface area contributed by atoms with Gasteiger partial charge in [0.15, 0.2) is 0 Å². The van der Waals surface area contributed by atoms with E-state index in [0.29, 0.717) is 19.8 Å². The quantitative estimate of drug-likeness (QED) is 0.546. The number of hydrogen-bond acceptors (Lipinski definition) is 3. The summed E-state index contributed by atoms with van der Waals surface area (Å²) in [5.41, 5.74) is 2.90. The van der Waals surface area contributed by atoms with Gasteiger partial charge in [-0.2, -0.15) is 0 Å². The predicted octanol–water partition coefficient (Wildman–Crippen LogP) is 5.43. The van der Waals surface area contributed by atoms with Gasteiger partial charge in [-0.3, -0.25) is 4.42 Å². The molecular weight excluding hydrogens is 340 g/mol. The molecule has 0 fully saturated rings. The molecular formula is C23H27O4+. The van der Waals surface area contributed by atoms with Gasteiger partial charge in [0.1, 0.15) is 28.4 Å². The van der Waals surface area contributed by atoms with E-state index < -0.39 is 0 Å². The third-order valence-electron chi connectivity index (χ3n) is 4.42. The summed E-state index contributed by atoms with van der Waals surface area (Å²) in [4.78, 5) is 0. The highest BCUT2D eigenvalue weighted by atomic mass is 16.5. The highest BCUT2D eigenvalue weighted by Gasteiger charge is 2.19. The van der Waals surface area contributed by atoms with Gasteiger partial charge in [-0.1, -0.05) is 12.1 Å². The Labute approximate surface area is 160 Å². The number of furan rings is 1. The van der Waals surface area contributed by atoms with E-state index in [-0.39, 0.29) is 0 Å². The van der Waals surface area contributed by atoms with Crippen LogP contribution in [0.2, 0.25) is 0 Å². The maximum atomic E-state index is 5.99. The molecule has 0 saturated carbocycles. The van der Waals surface area contributed by atoms with E-state index in [1.807, 2.05) is 46.8 Å². The summed E-state index contributed by atoms with van der Waals surface area (Å²) in [6, 6.07) is 12.2. The Bertz CT molecular complexity index is 998. The lowest BCUT2D eigenvalue weighted by Crippen LogP contribution is -2.01. The first-order chi connectivity index (χ1) is 13.1. The third-order valence-corrected chi connectivity index (χ3v) is 4.42. The fraction of sp³-hybridized carbons (Fsp3) is 0.348. The molecule has 2 aromatic carbocycles. The Kier molecular flexibility index (Phi) is 5.84. The lowest BCUT2D eigenvalue weighted by molar-refractivity contribution is 0.340. The van der Waals surface area contributed by atoms with Crippen LogP contribution in [-0.4, -0.2) is 19.8 Å². The van der Waals surface area contributed by atoms with Gasteiger partial charge in [0.25, 0.3) is 6.61 Å². The van der Waals surface area contributed by atoms with Crippen molar-refractivity contribution in [3.63, 3.8) is 0 Å². The van der Waals surface area contributed by atoms with Crippen molar-refractivity contribution in [3.8, 4) is 22.6 Å². The molecule has 0 saturated heterocycles. The highest BCUT2D eigenvalue weighted by Crippen LogP contribution is 2.33. The average molecular weight is 367 g/mol. The minimum absolute atomic E-state index is 0.579. The van der Waals surface area contributed by atoms with Gasteiger partial charge in [0.2, 0.25) is 0 Å². The van der Waals surface area contributed by atoms with Gasteiger partial charge < -0.3 is 13.9 Å². The monoisotopic (exact) mass is 367 g/mol. The SMILES string of the molecule is CCOc1ccc(-c2cc(OCC)c3c(C)oc(C)c3c(=[O+]CC)c2)cc1. The number of benzene rings is 1. The van der Waals surface area contributed by atoms with Crippen molar-refractivity contribution in [2.24, 2.45) is 0 Å². The van der Waals surface area contributed by atoms with E-state index >= 15 is 0 Å². The van der Waals surface area contributed by atoms with Crippen molar-refractivity contribution in [1.29, 1.82) is 0 Å². The summed E-state index contributed by atoms with van der Waals surface area (Å²) in [7, 11) is 0. The van der Waals surface area contributed by atoms with E-state index in [1.54, 1.807) is 0 Å². The third kappa shape index (κ3) is 3.85. The molecule has 4 heteroatoms. The topological polar surface area (TPSA) is 42.9 Å². The minimum Gasteiger partial charge on any atom is -0.494 e. The summed E-state index contributed by atoms with van der Waals surface area (Å²) in [5.74, 6) is 3.33. The van der Waals surface area contributed by atoms with Gasteiger partial charge in [-0.25, -0.2) is 0 Å². The van der Waals surface area contributed by atoms with Crippen molar-refractivity contribution >= 4 is 10.8 Å². The summed E-state index contributed by atoms with van der Waals surface area (Å²) in [5, 5.41) is 1.94. The Balaban J connectivity index is 2.32. The molecule has 0 bridgehead atoms. The first kappa shape index (κ1) is 19.0. The van der Waals surface area contributed by atoms with Crippen LogP contribution in [0.1, 0.15) is 32.3 Å². The second-order valence-corrected chi connectivity index (χ2v) is 6.26. The standard InChI is InChI=1S/C23H27O4/c1-6-24-19-11-9-17(10-12-19)18-13-20(25-7-2)22-15(4)27-16(5)23(22)21(14-18)26-8-3/h9-14H,6-8H2,1-5H3/q+1. The van der Waals surface area contributed by atoms with Crippen molar-refractivity contribution in [2.75, 3.05) is 19.8 Å². The van der Waals surface area contributed by atoms with Crippen molar-refractivity contribution in [1.82, 2.24) is 0 Å². The zero-order valence-corrected chi connectivity index (χ0v) is 16.7. The molecule has 0 radical (unpaired) electrons. The van der Waals surface area contributed by atoms with Crippen LogP contribution < -0.4 is 14.9 Å². The van der Waals surface area contributed by atoms with Crippen LogP contribution in [-0.2, 0) is 0 Å². The first-order valence-electron chi connectivity index (χ1n) is 9.48. The Morgan fingerprint density at radius 1 is 0.815 bits per heavy atom. The molecule has 1 aromatic heterocycles. The normalized spacial score (nSPS) is 11.8. The molecule has 0 N–H and O–H groups in total. The second kappa shape index (κ2) is 8.30. The van der Waals surface area contributed by atoms with Gasteiger partial charge in [-0.05, 0) is 57.0 Å². The van der Waals surface area contributed by atoms with Gasteiger partial charge >= 0.3 is 5.43 Å². The maximum Gasteiger partial charge on any atom is 0.355 e. The van der Waals surface area contributed by atoms with E-state index in [9.17, 15) is 0 Å². The zero-order valence-electron chi connectivity index (χ0n) is 16.7. The first-order valence-corrected chi connectivity index (χ1v) is 9.48. The Hall–Kier alpha value is -2.75. The van der Waals surface area contributed by atoms with Gasteiger partial charge in [0, 0.05) is 6.92 Å². The van der Waals surface area contributed by atoms with Crippen LogP contribution in [0.4, 0.5) is 0 Å². The highest BCUT2D eigenvalue weighted by molar-refractivity contribution is 5.93. The number of ether oxygens (including phenoxy) is 2. The molecule has 3 rings (SSSR count). The number of hydrogen-bond donors (Lipinski definition) is 0. The number of aryl methyl sites for hydroxylation is 2. The molecule has 4 nitrogen and oxygen atoms in total. The van der Waals surface area contributed by atoms with Crippen LogP contribution in [0.3, 0.4) is 0 Å². The van der Waals surface area contributed by atoms with Crippen molar-refractivity contribution in [3.05, 3.63) is 57.8 Å². The summed E-state index contributed by atoms with van der Waals surface area (Å²) in [6.45, 7) is 11.7. The molecule has 0 atom stereocenters. The molecule has 27 heavy (non-hydrogen) atoms. The molecule has 1 heterocycles. The molecule has 0 spiro atoms. The van der Waals surface area contributed by atoms with E-state index in [1.165, 1.54) is 0 Å². The molecule has 0 aliphatic carbocycles. The molecule has 142 valence electrons. The lowest BCUT2D eigenvalue weighted by atomic mass is 10.1. The van der Waals surface area contributed by atoms with Crippen LogP contribution in [0.5, 0.6) is 11.5 Å².